The number of nitrogens with one attached hydrogen (secondary N) is 2. The normalized spacial score (nSPS) is 10.4. The molecule has 0 saturated heterocycles. The van der Waals surface area contributed by atoms with E-state index in [9.17, 15) is 9.59 Å². The number of carboxylic acid groups (broad SMARTS) is 1. The number of nitriles is 1. The Morgan fingerprint density at radius 1 is 1.42 bits per heavy atom. The molecule has 0 saturated carbocycles. The summed E-state index contributed by atoms with van der Waals surface area (Å²) in [6.45, 7) is 1.36. The molecular weight excluding hydrogens is 246 g/mol. The topological polar surface area (TPSA) is 102 Å². The van der Waals surface area contributed by atoms with Crippen molar-refractivity contribution in [3.05, 3.63) is 41.6 Å². The zero-order chi connectivity index (χ0) is 14.3. The maximum absolute atomic E-state index is 11.5. The summed E-state index contributed by atoms with van der Waals surface area (Å²) in [4.78, 5) is 21.8. The SMILES string of the molecule is Cc1ccccc1N/C=C(/C#N)C(=O)NCC(=O)O. The summed E-state index contributed by atoms with van der Waals surface area (Å²) in [6, 6.07) is 9.08. The van der Waals surface area contributed by atoms with E-state index in [2.05, 4.69) is 10.6 Å². The molecule has 0 aliphatic heterocycles. The Kier molecular flexibility index (Phi) is 5.11. The third-order valence-electron chi connectivity index (χ3n) is 2.28. The number of aliphatic carboxylic acids is 1. The highest BCUT2D eigenvalue weighted by molar-refractivity contribution is 5.98. The minimum atomic E-state index is -1.17. The van der Waals surface area contributed by atoms with Crippen LogP contribution in [0.2, 0.25) is 0 Å². The van der Waals surface area contributed by atoms with Crippen LogP contribution in [-0.2, 0) is 9.59 Å². The fourth-order valence-electron chi connectivity index (χ4n) is 1.28. The highest BCUT2D eigenvalue weighted by atomic mass is 16.4. The van der Waals surface area contributed by atoms with Gasteiger partial charge in [-0.25, -0.2) is 0 Å². The smallest absolute Gasteiger partial charge is 0.322 e. The molecule has 0 heterocycles. The first kappa shape index (κ1) is 14.3. The van der Waals surface area contributed by atoms with Crippen LogP contribution in [0.1, 0.15) is 5.56 Å². The first-order valence-electron chi connectivity index (χ1n) is 5.47. The number of aryl methyl sites for hydroxylation is 1. The van der Waals surface area contributed by atoms with Gasteiger partial charge in [-0.15, -0.1) is 0 Å². The second kappa shape index (κ2) is 6.81. The van der Waals surface area contributed by atoms with E-state index in [1.54, 1.807) is 12.1 Å². The maximum atomic E-state index is 11.5. The minimum absolute atomic E-state index is 0.190. The van der Waals surface area contributed by atoms with Crippen LogP contribution in [0.25, 0.3) is 0 Å². The number of benzene rings is 1. The van der Waals surface area contributed by atoms with Crippen LogP contribution in [0.4, 0.5) is 5.69 Å². The van der Waals surface area contributed by atoms with Crippen molar-refractivity contribution >= 4 is 17.6 Å². The van der Waals surface area contributed by atoms with Crippen LogP contribution in [0.3, 0.4) is 0 Å². The quantitative estimate of drug-likeness (QED) is 0.541. The number of hydrogen-bond acceptors (Lipinski definition) is 4. The number of anilines is 1. The van der Waals surface area contributed by atoms with Crippen molar-refractivity contribution in [2.24, 2.45) is 0 Å². The highest BCUT2D eigenvalue weighted by Gasteiger charge is 2.09. The maximum Gasteiger partial charge on any atom is 0.322 e. The molecule has 0 aliphatic carbocycles. The zero-order valence-corrected chi connectivity index (χ0v) is 10.3. The molecule has 0 bridgehead atoms. The lowest BCUT2D eigenvalue weighted by atomic mass is 10.2. The third-order valence-corrected chi connectivity index (χ3v) is 2.28. The van der Waals surface area contributed by atoms with Crippen molar-refractivity contribution in [1.29, 1.82) is 5.26 Å². The van der Waals surface area contributed by atoms with Gasteiger partial charge in [0.05, 0.1) is 0 Å². The van der Waals surface area contributed by atoms with E-state index in [1.807, 2.05) is 25.1 Å². The Bertz CT molecular complexity index is 558. The standard InChI is InChI=1S/C13H13N3O3/c1-9-4-2-3-5-11(9)15-7-10(6-14)13(19)16-8-12(17)18/h2-5,7,15H,8H2,1H3,(H,16,19)(H,17,18)/b10-7-. The summed E-state index contributed by atoms with van der Waals surface area (Å²) < 4.78 is 0. The molecular formula is C13H13N3O3. The van der Waals surface area contributed by atoms with Gasteiger partial charge in [0, 0.05) is 11.9 Å². The molecule has 0 radical (unpaired) electrons. The van der Waals surface area contributed by atoms with Gasteiger partial charge in [-0.05, 0) is 18.6 Å². The molecule has 6 nitrogen and oxygen atoms in total. The van der Waals surface area contributed by atoms with E-state index in [1.165, 1.54) is 6.20 Å². The number of para-hydroxylation sites is 1. The van der Waals surface area contributed by atoms with Crippen LogP contribution in [-0.4, -0.2) is 23.5 Å². The lowest BCUT2D eigenvalue weighted by Crippen LogP contribution is -2.30. The van der Waals surface area contributed by atoms with Gasteiger partial charge in [-0.2, -0.15) is 5.26 Å². The lowest BCUT2D eigenvalue weighted by molar-refractivity contribution is -0.137. The van der Waals surface area contributed by atoms with E-state index in [4.69, 9.17) is 10.4 Å². The first-order chi connectivity index (χ1) is 9.04. The van der Waals surface area contributed by atoms with Crippen molar-refractivity contribution in [2.45, 2.75) is 6.92 Å². The molecule has 3 N–H and O–H groups in total. The molecule has 0 aromatic heterocycles. The molecule has 0 unspecified atom stereocenters. The summed E-state index contributed by atoms with van der Waals surface area (Å²) in [5, 5.41) is 22.2. The van der Waals surface area contributed by atoms with Crippen molar-refractivity contribution in [2.75, 3.05) is 11.9 Å². The molecule has 1 amide bonds. The van der Waals surface area contributed by atoms with E-state index in [0.29, 0.717) is 0 Å². The predicted octanol–water partition coefficient (Wildman–Crippen LogP) is 1.02. The number of carbonyl (C=O) groups is 2. The van der Waals surface area contributed by atoms with Gasteiger partial charge in [-0.3, -0.25) is 9.59 Å². The van der Waals surface area contributed by atoms with Crippen LogP contribution in [0, 0.1) is 18.3 Å². The molecule has 0 atom stereocenters. The Labute approximate surface area is 110 Å². The molecule has 0 fully saturated rings. The Morgan fingerprint density at radius 3 is 2.68 bits per heavy atom. The molecule has 1 aromatic carbocycles. The molecule has 19 heavy (non-hydrogen) atoms. The van der Waals surface area contributed by atoms with Gasteiger partial charge in [0.1, 0.15) is 18.2 Å². The van der Waals surface area contributed by atoms with E-state index < -0.39 is 18.4 Å². The van der Waals surface area contributed by atoms with Gasteiger partial charge >= 0.3 is 5.97 Å². The third kappa shape index (κ3) is 4.52. The van der Waals surface area contributed by atoms with Crippen molar-refractivity contribution in [3.8, 4) is 6.07 Å². The number of rotatable bonds is 5. The molecule has 98 valence electrons. The van der Waals surface area contributed by atoms with Gasteiger partial charge < -0.3 is 15.7 Å². The van der Waals surface area contributed by atoms with Crippen molar-refractivity contribution in [3.63, 3.8) is 0 Å². The summed E-state index contributed by atoms with van der Waals surface area (Å²) in [5.74, 6) is -1.90. The summed E-state index contributed by atoms with van der Waals surface area (Å²) >= 11 is 0. The minimum Gasteiger partial charge on any atom is -0.480 e. The van der Waals surface area contributed by atoms with Crippen LogP contribution in [0.5, 0.6) is 0 Å². The van der Waals surface area contributed by atoms with Gasteiger partial charge in [-0.1, -0.05) is 18.2 Å². The molecule has 6 heteroatoms. The molecule has 0 spiro atoms. The van der Waals surface area contributed by atoms with Crippen molar-refractivity contribution in [1.82, 2.24) is 5.32 Å². The van der Waals surface area contributed by atoms with Crippen LogP contribution >= 0.6 is 0 Å². The van der Waals surface area contributed by atoms with Crippen LogP contribution in [0.15, 0.2) is 36.0 Å². The molecule has 1 aromatic rings. The van der Waals surface area contributed by atoms with Gasteiger partial charge in [0.25, 0.3) is 5.91 Å². The molecule has 0 aliphatic rings. The molecule has 1 rings (SSSR count). The first-order valence-corrected chi connectivity index (χ1v) is 5.47. The average molecular weight is 259 g/mol. The number of nitrogens with zero attached hydrogens (tertiary/aromatic N) is 1. The zero-order valence-electron chi connectivity index (χ0n) is 10.3. The Balaban J connectivity index is 2.73. The Morgan fingerprint density at radius 2 is 2.11 bits per heavy atom. The van der Waals surface area contributed by atoms with Gasteiger partial charge in [0.2, 0.25) is 0 Å². The number of carbonyl (C=O) groups excluding carboxylic acids is 1. The number of carboxylic acids is 1. The predicted molar refractivity (Wildman–Crippen MR) is 69.1 cm³/mol. The monoisotopic (exact) mass is 259 g/mol. The van der Waals surface area contributed by atoms with E-state index in [0.717, 1.165) is 11.3 Å². The fraction of sp³-hybridized carbons (Fsp3) is 0.154. The number of hydrogen-bond donors (Lipinski definition) is 3. The largest absolute Gasteiger partial charge is 0.480 e. The van der Waals surface area contributed by atoms with E-state index in [-0.39, 0.29) is 5.57 Å². The van der Waals surface area contributed by atoms with Crippen LogP contribution < -0.4 is 10.6 Å². The summed E-state index contributed by atoms with van der Waals surface area (Å²) in [6.07, 6.45) is 1.25. The second-order valence-electron chi connectivity index (χ2n) is 3.71. The lowest BCUT2D eigenvalue weighted by Gasteiger charge is -2.05. The Hall–Kier alpha value is -2.81. The highest BCUT2D eigenvalue weighted by Crippen LogP contribution is 2.13. The summed E-state index contributed by atoms with van der Waals surface area (Å²) in [7, 11) is 0. The van der Waals surface area contributed by atoms with Gasteiger partial charge in [0.15, 0.2) is 0 Å². The van der Waals surface area contributed by atoms with E-state index >= 15 is 0 Å². The fourth-order valence-corrected chi connectivity index (χ4v) is 1.28. The summed E-state index contributed by atoms with van der Waals surface area (Å²) in [5.41, 5.74) is 1.53. The average Bonchev–Trinajstić information content (AvgIpc) is 2.39. The van der Waals surface area contributed by atoms with Crippen molar-refractivity contribution < 1.29 is 14.7 Å². The number of amides is 1. The second-order valence-corrected chi connectivity index (χ2v) is 3.71.